The minimum Gasteiger partial charge on any atom is -0.468 e. The van der Waals surface area contributed by atoms with E-state index in [1.165, 1.54) is 19.3 Å². The Balaban J connectivity index is 1.48. The smallest absolute Gasteiger partial charge is 0.325 e. The highest BCUT2D eigenvalue weighted by atomic mass is 16.5. The first-order valence-electron chi connectivity index (χ1n) is 11.6. The average Bonchev–Trinajstić information content (AvgIpc) is 3.34. The molecule has 4 aromatic rings. The van der Waals surface area contributed by atoms with Crippen LogP contribution in [0.4, 0.5) is 5.69 Å². The van der Waals surface area contributed by atoms with E-state index in [9.17, 15) is 14.4 Å². The van der Waals surface area contributed by atoms with Crippen LogP contribution in [0.25, 0.3) is 17.3 Å². The molecule has 1 aromatic heterocycles. The van der Waals surface area contributed by atoms with Gasteiger partial charge in [-0.25, -0.2) is 0 Å². The zero-order valence-electron chi connectivity index (χ0n) is 20.3. The summed E-state index contributed by atoms with van der Waals surface area (Å²) in [7, 11) is 1.25. The fourth-order valence-corrected chi connectivity index (χ4v) is 3.64. The molecule has 0 unspecified atom stereocenters. The quantitative estimate of drug-likeness (QED) is 0.269. The minimum absolute atomic E-state index is 0.240. The van der Waals surface area contributed by atoms with Gasteiger partial charge in [0.25, 0.3) is 5.91 Å². The van der Waals surface area contributed by atoms with E-state index >= 15 is 0 Å². The monoisotopic (exact) mass is 494 g/mol. The van der Waals surface area contributed by atoms with Crippen LogP contribution in [0.1, 0.15) is 21.5 Å². The molecule has 0 saturated carbocycles. The normalized spacial score (nSPS) is 10.7. The molecule has 0 saturated heterocycles. The van der Waals surface area contributed by atoms with Crippen LogP contribution < -0.4 is 10.6 Å². The molecule has 37 heavy (non-hydrogen) atoms. The maximum Gasteiger partial charge on any atom is 0.325 e. The number of ether oxygens (including phenoxy) is 1. The molecule has 2 N–H and O–H groups in total. The van der Waals surface area contributed by atoms with Crippen molar-refractivity contribution in [2.24, 2.45) is 0 Å². The van der Waals surface area contributed by atoms with E-state index < -0.39 is 11.9 Å². The van der Waals surface area contributed by atoms with Gasteiger partial charge in [0.1, 0.15) is 6.54 Å². The highest BCUT2D eigenvalue weighted by Gasteiger charge is 2.11. The summed E-state index contributed by atoms with van der Waals surface area (Å²) < 4.78 is 6.37. The van der Waals surface area contributed by atoms with Crippen LogP contribution >= 0.6 is 0 Å². The van der Waals surface area contributed by atoms with Crippen molar-refractivity contribution in [3.8, 4) is 11.3 Å². The topological polar surface area (TPSA) is 102 Å². The van der Waals surface area contributed by atoms with Gasteiger partial charge in [-0.2, -0.15) is 5.10 Å². The van der Waals surface area contributed by atoms with E-state index in [0.29, 0.717) is 17.8 Å². The predicted molar refractivity (Wildman–Crippen MR) is 142 cm³/mol. The molecule has 0 radical (unpaired) electrons. The van der Waals surface area contributed by atoms with Crippen molar-refractivity contribution in [2.45, 2.75) is 6.54 Å². The summed E-state index contributed by atoms with van der Waals surface area (Å²) >= 11 is 0. The molecule has 0 aliphatic rings. The number of carbonyl (C=O) groups excluding carboxylic acids is 3. The van der Waals surface area contributed by atoms with Gasteiger partial charge in [0.05, 0.1) is 19.3 Å². The SMILES string of the molecule is COC(=O)CNC(=O)c1cccc(NC(=O)C=Cc2cn(Cc3ccccc3)nc2-c2ccccc2)c1. The van der Waals surface area contributed by atoms with E-state index in [1.807, 2.05) is 71.5 Å². The van der Waals surface area contributed by atoms with Crippen molar-refractivity contribution in [2.75, 3.05) is 19.0 Å². The molecule has 0 spiro atoms. The Hall–Kier alpha value is -4.98. The number of nitrogens with zero attached hydrogens (tertiary/aromatic N) is 2. The van der Waals surface area contributed by atoms with Crippen LogP contribution in [0, 0.1) is 0 Å². The second-order valence-corrected chi connectivity index (χ2v) is 8.14. The summed E-state index contributed by atoms with van der Waals surface area (Å²) in [4.78, 5) is 36.2. The number of anilines is 1. The number of carbonyl (C=O) groups is 3. The third-order valence-electron chi connectivity index (χ3n) is 5.45. The van der Waals surface area contributed by atoms with Gasteiger partial charge in [-0.15, -0.1) is 0 Å². The summed E-state index contributed by atoms with van der Waals surface area (Å²) in [6.45, 7) is 0.363. The van der Waals surface area contributed by atoms with Crippen molar-refractivity contribution in [3.63, 3.8) is 0 Å². The number of rotatable bonds is 9. The van der Waals surface area contributed by atoms with E-state index in [1.54, 1.807) is 24.3 Å². The molecule has 186 valence electrons. The molecular weight excluding hydrogens is 468 g/mol. The Labute approximate surface area is 214 Å². The summed E-state index contributed by atoms with van der Waals surface area (Å²) in [6, 6.07) is 26.2. The lowest BCUT2D eigenvalue weighted by molar-refractivity contribution is -0.139. The van der Waals surface area contributed by atoms with E-state index in [-0.39, 0.29) is 12.5 Å². The van der Waals surface area contributed by atoms with Crippen LogP contribution in [0.3, 0.4) is 0 Å². The molecule has 8 heteroatoms. The molecule has 2 amide bonds. The second kappa shape index (κ2) is 12.1. The first-order chi connectivity index (χ1) is 18.0. The lowest BCUT2D eigenvalue weighted by atomic mass is 10.1. The molecule has 0 aliphatic carbocycles. The minimum atomic E-state index is -0.551. The van der Waals surface area contributed by atoms with E-state index in [4.69, 9.17) is 5.10 Å². The Morgan fingerprint density at radius 3 is 2.41 bits per heavy atom. The van der Waals surface area contributed by atoms with Gasteiger partial charge in [-0.3, -0.25) is 19.1 Å². The van der Waals surface area contributed by atoms with Gasteiger partial charge in [-0.05, 0) is 29.8 Å². The Bertz CT molecular complexity index is 1410. The lowest BCUT2D eigenvalue weighted by Gasteiger charge is -2.07. The van der Waals surface area contributed by atoms with Crippen molar-refractivity contribution >= 4 is 29.5 Å². The Morgan fingerprint density at radius 1 is 0.946 bits per heavy atom. The number of benzene rings is 3. The zero-order chi connectivity index (χ0) is 26.0. The van der Waals surface area contributed by atoms with Gasteiger partial charge < -0.3 is 15.4 Å². The molecule has 0 fully saturated rings. The molecule has 1 heterocycles. The van der Waals surface area contributed by atoms with Gasteiger partial charge in [-0.1, -0.05) is 66.7 Å². The maximum absolute atomic E-state index is 12.7. The van der Waals surface area contributed by atoms with Gasteiger partial charge >= 0.3 is 5.97 Å². The highest BCUT2D eigenvalue weighted by Crippen LogP contribution is 2.23. The molecule has 8 nitrogen and oxygen atoms in total. The van der Waals surface area contributed by atoms with E-state index in [2.05, 4.69) is 15.4 Å². The summed E-state index contributed by atoms with van der Waals surface area (Å²) in [5.41, 5.74) is 4.38. The van der Waals surface area contributed by atoms with Crippen molar-refractivity contribution in [3.05, 3.63) is 114 Å². The van der Waals surface area contributed by atoms with Crippen LogP contribution in [-0.2, 0) is 20.9 Å². The summed E-state index contributed by atoms with van der Waals surface area (Å²) in [5.74, 6) is -1.36. The molecular formula is C29H26N4O4. The average molecular weight is 495 g/mol. The largest absolute Gasteiger partial charge is 0.468 e. The fraction of sp³-hybridized carbons (Fsp3) is 0.103. The second-order valence-electron chi connectivity index (χ2n) is 8.14. The van der Waals surface area contributed by atoms with Crippen LogP contribution in [0.15, 0.2) is 97.2 Å². The number of amides is 2. The van der Waals surface area contributed by atoms with Gasteiger partial charge in [0.2, 0.25) is 5.91 Å². The number of esters is 1. The Morgan fingerprint density at radius 2 is 1.68 bits per heavy atom. The first kappa shape index (κ1) is 25.1. The molecule has 0 bridgehead atoms. The van der Waals surface area contributed by atoms with Crippen LogP contribution in [0.2, 0.25) is 0 Å². The van der Waals surface area contributed by atoms with Gasteiger partial charge in [0, 0.05) is 34.7 Å². The van der Waals surface area contributed by atoms with E-state index in [0.717, 1.165) is 22.4 Å². The maximum atomic E-state index is 12.7. The number of aromatic nitrogens is 2. The van der Waals surface area contributed by atoms with Crippen molar-refractivity contribution < 1.29 is 19.1 Å². The number of nitrogens with one attached hydrogen (secondary N) is 2. The fourth-order valence-electron chi connectivity index (χ4n) is 3.64. The van der Waals surface area contributed by atoms with Crippen molar-refractivity contribution in [1.82, 2.24) is 15.1 Å². The van der Waals surface area contributed by atoms with Crippen LogP contribution in [-0.4, -0.2) is 41.2 Å². The molecule has 0 atom stereocenters. The summed E-state index contributed by atoms with van der Waals surface area (Å²) in [5, 5.41) is 9.99. The van der Waals surface area contributed by atoms with Crippen molar-refractivity contribution in [1.29, 1.82) is 0 Å². The Kier molecular flexibility index (Phi) is 8.23. The summed E-state index contributed by atoms with van der Waals surface area (Å²) in [6.07, 6.45) is 5.06. The molecule has 0 aliphatic heterocycles. The third kappa shape index (κ3) is 7.02. The molecule has 4 rings (SSSR count). The molecule has 3 aromatic carbocycles. The number of hydrogen-bond acceptors (Lipinski definition) is 5. The number of methoxy groups -OCH3 is 1. The number of hydrogen-bond donors (Lipinski definition) is 2. The first-order valence-corrected chi connectivity index (χ1v) is 11.6. The van der Waals surface area contributed by atoms with Crippen LogP contribution in [0.5, 0.6) is 0 Å². The standard InChI is InChI=1S/C29H26N4O4/c1-37-27(35)18-30-29(36)23-13-8-14-25(17-23)31-26(34)16-15-24-20-33(19-21-9-4-2-5-10-21)32-28(24)22-11-6-3-7-12-22/h2-17,20H,18-19H2,1H3,(H,30,36)(H,31,34). The third-order valence-corrected chi connectivity index (χ3v) is 5.45. The highest BCUT2D eigenvalue weighted by molar-refractivity contribution is 6.03. The van der Waals surface area contributed by atoms with Gasteiger partial charge in [0.15, 0.2) is 0 Å². The zero-order valence-corrected chi connectivity index (χ0v) is 20.3. The lowest BCUT2D eigenvalue weighted by Crippen LogP contribution is -2.30. The predicted octanol–water partition coefficient (Wildman–Crippen LogP) is 4.15.